The molecule has 1 atom stereocenters. The van der Waals surface area contributed by atoms with Crippen LogP contribution in [0.15, 0.2) is 15.9 Å². The van der Waals surface area contributed by atoms with Crippen molar-refractivity contribution in [2.75, 3.05) is 20.1 Å². The van der Waals surface area contributed by atoms with E-state index in [1.165, 1.54) is 4.88 Å². The summed E-state index contributed by atoms with van der Waals surface area (Å²) in [7, 11) is 1.89. The maximum Gasteiger partial charge on any atom is 0.229 e. The molecule has 1 aromatic rings. The molecule has 1 aromatic heterocycles. The Bertz CT molecular complexity index is 412. The van der Waals surface area contributed by atoms with Gasteiger partial charge in [0, 0.05) is 28.3 Å². The fourth-order valence-electron chi connectivity index (χ4n) is 2.20. The molecule has 0 aromatic carbocycles. The Kier molecular flexibility index (Phi) is 3.90. The minimum Gasteiger partial charge on any atom is -0.340 e. The summed E-state index contributed by atoms with van der Waals surface area (Å²) in [6.45, 7) is 4.49. The normalized spacial score (nSPS) is 23.9. The smallest absolute Gasteiger partial charge is 0.229 e. The molecule has 1 aliphatic rings. The van der Waals surface area contributed by atoms with E-state index in [0.29, 0.717) is 6.54 Å². The third kappa shape index (κ3) is 2.89. The summed E-state index contributed by atoms with van der Waals surface area (Å²) in [6, 6.07) is 2.07. The van der Waals surface area contributed by atoms with Crippen molar-refractivity contribution in [3.63, 3.8) is 0 Å². The molecule has 1 amide bonds. The molecule has 1 fully saturated rings. The van der Waals surface area contributed by atoms with Crippen molar-refractivity contribution in [3.05, 3.63) is 20.8 Å². The van der Waals surface area contributed by atoms with Gasteiger partial charge in [0.1, 0.15) is 0 Å². The van der Waals surface area contributed by atoms with E-state index in [2.05, 4.69) is 34.2 Å². The highest BCUT2D eigenvalue weighted by atomic mass is 79.9. The van der Waals surface area contributed by atoms with Crippen molar-refractivity contribution in [1.82, 2.24) is 10.2 Å². The maximum atomic E-state index is 12.4. The van der Waals surface area contributed by atoms with Crippen molar-refractivity contribution < 1.29 is 4.79 Å². The maximum absolute atomic E-state index is 12.4. The van der Waals surface area contributed by atoms with E-state index in [-0.39, 0.29) is 11.3 Å². The van der Waals surface area contributed by atoms with Crippen molar-refractivity contribution in [1.29, 1.82) is 0 Å². The van der Waals surface area contributed by atoms with Gasteiger partial charge >= 0.3 is 0 Å². The molecule has 0 radical (unpaired) electrons. The Morgan fingerprint density at radius 2 is 2.47 bits per heavy atom. The number of hydrogen-bond acceptors (Lipinski definition) is 3. The molecule has 2 rings (SSSR count). The highest BCUT2D eigenvalue weighted by Gasteiger charge is 2.38. The van der Waals surface area contributed by atoms with E-state index in [9.17, 15) is 4.79 Å². The molecule has 17 heavy (non-hydrogen) atoms. The summed E-state index contributed by atoms with van der Waals surface area (Å²) < 4.78 is 1.09. The second kappa shape index (κ2) is 5.08. The van der Waals surface area contributed by atoms with Gasteiger partial charge in [-0.2, -0.15) is 0 Å². The van der Waals surface area contributed by atoms with Crippen molar-refractivity contribution in [2.45, 2.75) is 19.9 Å². The van der Waals surface area contributed by atoms with E-state index in [1.807, 2.05) is 17.3 Å². The number of carbonyl (C=O) groups is 1. The Balaban J connectivity index is 2.00. The predicted octanol–water partition coefficient (Wildman–Crippen LogP) is 2.47. The first-order chi connectivity index (χ1) is 8.01. The zero-order chi connectivity index (χ0) is 12.5. The van der Waals surface area contributed by atoms with Crippen LogP contribution in [-0.4, -0.2) is 30.9 Å². The third-order valence-electron chi connectivity index (χ3n) is 3.25. The SMILES string of the molecule is CN(Cc1cc(Br)cs1)C(=O)C1(C)CCNC1. The highest BCUT2D eigenvalue weighted by Crippen LogP contribution is 2.28. The van der Waals surface area contributed by atoms with Gasteiger partial charge in [-0.1, -0.05) is 0 Å². The van der Waals surface area contributed by atoms with Crippen LogP contribution in [-0.2, 0) is 11.3 Å². The van der Waals surface area contributed by atoms with Crippen LogP contribution in [0.2, 0.25) is 0 Å². The molecule has 1 N–H and O–H groups in total. The van der Waals surface area contributed by atoms with Crippen LogP contribution in [0, 0.1) is 5.41 Å². The number of halogens is 1. The van der Waals surface area contributed by atoms with Crippen LogP contribution < -0.4 is 5.32 Å². The van der Waals surface area contributed by atoms with E-state index in [1.54, 1.807) is 11.3 Å². The summed E-state index contributed by atoms with van der Waals surface area (Å²) in [6.07, 6.45) is 0.935. The van der Waals surface area contributed by atoms with E-state index < -0.39 is 0 Å². The quantitative estimate of drug-likeness (QED) is 0.929. The van der Waals surface area contributed by atoms with Crippen LogP contribution in [0.25, 0.3) is 0 Å². The van der Waals surface area contributed by atoms with Crippen molar-refractivity contribution in [3.8, 4) is 0 Å². The van der Waals surface area contributed by atoms with Gasteiger partial charge in [0.2, 0.25) is 5.91 Å². The van der Waals surface area contributed by atoms with E-state index >= 15 is 0 Å². The molecule has 1 aliphatic heterocycles. The monoisotopic (exact) mass is 316 g/mol. The molecule has 0 spiro atoms. The molecule has 94 valence electrons. The summed E-state index contributed by atoms with van der Waals surface area (Å²) in [5.41, 5.74) is -0.219. The topological polar surface area (TPSA) is 32.3 Å². The second-order valence-corrected chi connectivity index (χ2v) is 6.79. The molecule has 5 heteroatoms. The Hall–Kier alpha value is -0.390. The van der Waals surface area contributed by atoms with Crippen LogP contribution in [0.5, 0.6) is 0 Å². The van der Waals surface area contributed by atoms with Gasteiger partial charge in [-0.05, 0) is 41.9 Å². The molecule has 1 unspecified atom stereocenters. The van der Waals surface area contributed by atoms with E-state index in [4.69, 9.17) is 0 Å². The lowest BCUT2D eigenvalue weighted by atomic mass is 9.88. The molecule has 1 saturated heterocycles. The minimum absolute atomic E-state index is 0.219. The highest BCUT2D eigenvalue weighted by molar-refractivity contribution is 9.10. The third-order valence-corrected chi connectivity index (χ3v) is 4.93. The van der Waals surface area contributed by atoms with Crippen LogP contribution in [0.1, 0.15) is 18.2 Å². The van der Waals surface area contributed by atoms with Gasteiger partial charge in [-0.25, -0.2) is 0 Å². The van der Waals surface area contributed by atoms with Crippen LogP contribution in [0.4, 0.5) is 0 Å². The standard InChI is InChI=1S/C12H17BrN2OS/c1-12(3-4-14-8-12)11(16)15(2)6-10-5-9(13)7-17-10/h5,7,14H,3-4,6,8H2,1-2H3. The zero-order valence-electron chi connectivity index (χ0n) is 10.1. The first-order valence-electron chi connectivity index (χ1n) is 5.70. The van der Waals surface area contributed by atoms with Gasteiger partial charge in [0.05, 0.1) is 12.0 Å². The van der Waals surface area contributed by atoms with Crippen molar-refractivity contribution in [2.24, 2.45) is 5.41 Å². The van der Waals surface area contributed by atoms with Gasteiger partial charge in [-0.15, -0.1) is 11.3 Å². The summed E-state index contributed by atoms with van der Waals surface area (Å²) >= 11 is 5.11. The average Bonchev–Trinajstić information content (AvgIpc) is 2.88. The first kappa shape index (κ1) is 13.1. The lowest BCUT2D eigenvalue weighted by Crippen LogP contribution is -2.41. The summed E-state index contributed by atoms with van der Waals surface area (Å²) in [5, 5.41) is 5.31. The summed E-state index contributed by atoms with van der Waals surface area (Å²) in [5.74, 6) is 0.243. The Labute approximate surface area is 114 Å². The fraction of sp³-hybridized carbons (Fsp3) is 0.583. The van der Waals surface area contributed by atoms with Gasteiger partial charge in [-0.3, -0.25) is 4.79 Å². The number of nitrogens with zero attached hydrogens (tertiary/aromatic N) is 1. The Morgan fingerprint density at radius 1 is 1.71 bits per heavy atom. The Morgan fingerprint density at radius 3 is 3.00 bits per heavy atom. The second-order valence-electron chi connectivity index (χ2n) is 4.88. The van der Waals surface area contributed by atoms with E-state index in [0.717, 1.165) is 24.0 Å². The molecule has 0 bridgehead atoms. The predicted molar refractivity (Wildman–Crippen MR) is 74.1 cm³/mol. The molecular weight excluding hydrogens is 300 g/mol. The van der Waals surface area contributed by atoms with Gasteiger partial charge in [0.25, 0.3) is 0 Å². The zero-order valence-corrected chi connectivity index (χ0v) is 12.5. The molecule has 2 heterocycles. The number of carbonyl (C=O) groups excluding carboxylic acids is 1. The molecule has 0 aliphatic carbocycles. The van der Waals surface area contributed by atoms with Gasteiger partial charge in [0.15, 0.2) is 0 Å². The first-order valence-corrected chi connectivity index (χ1v) is 7.38. The molecular formula is C12H17BrN2OS. The number of hydrogen-bond donors (Lipinski definition) is 1. The van der Waals surface area contributed by atoms with Crippen LogP contribution in [0.3, 0.4) is 0 Å². The van der Waals surface area contributed by atoms with Crippen LogP contribution >= 0.6 is 27.3 Å². The molecule has 3 nitrogen and oxygen atoms in total. The summed E-state index contributed by atoms with van der Waals surface area (Å²) in [4.78, 5) is 15.4. The minimum atomic E-state index is -0.219. The average molecular weight is 317 g/mol. The van der Waals surface area contributed by atoms with Crippen molar-refractivity contribution >= 4 is 33.2 Å². The molecule has 0 saturated carbocycles. The fourth-order valence-corrected chi connectivity index (χ4v) is 3.71. The lowest BCUT2D eigenvalue weighted by Gasteiger charge is -2.28. The number of thiophene rings is 1. The lowest BCUT2D eigenvalue weighted by molar-refractivity contribution is -0.139. The number of rotatable bonds is 3. The number of nitrogens with one attached hydrogen (secondary N) is 1. The number of amides is 1. The largest absolute Gasteiger partial charge is 0.340 e. The van der Waals surface area contributed by atoms with Gasteiger partial charge < -0.3 is 10.2 Å².